The molecule has 0 aromatic rings. The van der Waals surface area contributed by atoms with Crippen molar-refractivity contribution in [1.82, 2.24) is 0 Å². The molecular weight excluding hydrogens is 151 g/mol. The van der Waals surface area contributed by atoms with E-state index in [0.29, 0.717) is 0 Å². The average molecular weight is 155 g/mol. The van der Waals surface area contributed by atoms with Crippen LogP contribution in [0, 0.1) is 12.3 Å². The first kappa shape index (κ1) is 9.59. The van der Waals surface area contributed by atoms with Gasteiger partial charge in [-0.1, -0.05) is 6.21 Å². The zero-order chi connectivity index (χ0) is 4.12. The molecule has 0 saturated heterocycles. The van der Waals surface area contributed by atoms with Gasteiger partial charge in [-0.15, -0.1) is 0 Å². The summed E-state index contributed by atoms with van der Waals surface area (Å²) in [6.45, 7) is 0. The first-order valence-corrected chi connectivity index (χ1v) is 1.21. The van der Waals surface area contributed by atoms with Crippen LogP contribution in [-0.4, -0.2) is 13.3 Å². The zero-order valence-corrected chi connectivity index (χ0v) is 6.44. The Bertz CT molecular complexity index is 70.1. The smallest absolute Gasteiger partial charge is 0.00657 e. The Morgan fingerprint density at radius 2 is 2.33 bits per heavy atom. The summed E-state index contributed by atoms with van der Waals surface area (Å²) in [4.78, 5) is 3.37. The Morgan fingerprint density at radius 3 is 2.33 bits per heavy atom. The second-order valence-corrected chi connectivity index (χ2v) is 0.480. The van der Waals surface area contributed by atoms with Crippen molar-refractivity contribution in [3.63, 3.8) is 0 Å². The van der Waals surface area contributed by atoms with Gasteiger partial charge < -0.3 is 11.4 Å². The minimum atomic E-state index is 0. The topological polar surface area (TPSA) is 12.4 Å². The number of terminal acetylenes is 1. The van der Waals surface area contributed by atoms with E-state index in [4.69, 9.17) is 0 Å². The molecular formula is C4H4NY-. The van der Waals surface area contributed by atoms with Gasteiger partial charge in [-0.3, -0.25) is 5.92 Å². The van der Waals surface area contributed by atoms with Crippen LogP contribution in [0.5, 0.6) is 0 Å². The van der Waals surface area contributed by atoms with E-state index in [-0.39, 0.29) is 32.7 Å². The average Bonchev–Trinajstić information content (AvgIpc) is 1.41. The third kappa shape index (κ3) is 8.84. The summed E-state index contributed by atoms with van der Waals surface area (Å²) in [5.74, 6) is 2.10. The van der Waals surface area contributed by atoms with Crippen molar-refractivity contribution in [2.24, 2.45) is 4.99 Å². The van der Waals surface area contributed by atoms with E-state index >= 15 is 0 Å². The summed E-state index contributed by atoms with van der Waals surface area (Å²) >= 11 is 0. The molecule has 1 radical (unpaired) electrons. The maximum Gasteiger partial charge on any atom is 0.00657 e. The molecule has 2 heteroatoms. The molecule has 0 aliphatic carbocycles. The Balaban J connectivity index is 0. The van der Waals surface area contributed by atoms with Crippen LogP contribution >= 0.6 is 0 Å². The summed E-state index contributed by atoms with van der Waals surface area (Å²) in [5, 5.41) is 0. The Labute approximate surface area is 63.1 Å². The third-order valence-corrected chi connectivity index (χ3v) is 0.176. The van der Waals surface area contributed by atoms with Crippen molar-refractivity contribution in [2.75, 3.05) is 7.05 Å². The van der Waals surface area contributed by atoms with Gasteiger partial charge in [-0.05, 0) is 0 Å². The maximum atomic E-state index is 4.68. The fourth-order valence-corrected chi connectivity index (χ4v) is 0.0645. The minimum Gasteiger partial charge on any atom is -0.390 e. The first-order valence-electron chi connectivity index (χ1n) is 1.21. The van der Waals surface area contributed by atoms with E-state index in [1.165, 1.54) is 0 Å². The van der Waals surface area contributed by atoms with Gasteiger partial charge in [0.15, 0.2) is 0 Å². The van der Waals surface area contributed by atoms with Crippen molar-refractivity contribution in [2.45, 2.75) is 0 Å². The Morgan fingerprint density at radius 1 is 1.83 bits per heavy atom. The second-order valence-electron chi connectivity index (χ2n) is 0.480. The molecule has 0 unspecified atom stereocenters. The maximum absolute atomic E-state index is 4.68. The molecule has 0 rings (SSSR count). The molecule has 0 aliphatic heterocycles. The molecule has 0 heterocycles. The Kier molecular flexibility index (Phi) is 14.4. The standard InChI is InChI=1S/C4H4N.Y/c1-3-4-5-2;/h1H,2H3;/q-1;. The molecule has 0 aliphatic rings. The Hall–Kier alpha value is 0.334. The van der Waals surface area contributed by atoms with E-state index in [1.807, 2.05) is 0 Å². The summed E-state index contributed by atoms with van der Waals surface area (Å²) in [7, 11) is 1.58. The molecule has 1 nitrogen and oxygen atoms in total. The van der Waals surface area contributed by atoms with Crippen LogP contribution in [0.15, 0.2) is 4.99 Å². The largest absolute Gasteiger partial charge is 0.390 e. The number of hydrogen-bond acceptors (Lipinski definition) is 1. The summed E-state index contributed by atoms with van der Waals surface area (Å²) in [6, 6.07) is 0. The number of aliphatic imine (C=N–C) groups is 1. The number of nitrogens with zero attached hydrogens (tertiary/aromatic N) is 1. The van der Waals surface area contributed by atoms with Crippen molar-refractivity contribution >= 4 is 6.21 Å². The molecule has 0 amide bonds. The van der Waals surface area contributed by atoms with Crippen LogP contribution in [0.3, 0.4) is 0 Å². The molecule has 0 N–H and O–H groups in total. The van der Waals surface area contributed by atoms with Crippen LogP contribution in [-0.2, 0) is 32.7 Å². The van der Waals surface area contributed by atoms with Gasteiger partial charge in [0.05, 0.1) is 0 Å². The van der Waals surface area contributed by atoms with E-state index in [0.717, 1.165) is 0 Å². The normalized spacial score (nSPS) is 6.67. The molecule has 0 aromatic carbocycles. The summed E-state index contributed by atoms with van der Waals surface area (Å²) in [5.41, 5.74) is 0. The van der Waals surface area contributed by atoms with Crippen LogP contribution in [0.1, 0.15) is 0 Å². The summed E-state index contributed by atoms with van der Waals surface area (Å²) in [6.07, 6.45) is 6.95. The van der Waals surface area contributed by atoms with Gasteiger partial charge in [0.1, 0.15) is 0 Å². The predicted octanol–water partition coefficient (Wildman–Crippen LogP) is 0.195. The summed E-state index contributed by atoms with van der Waals surface area (Å²) < 4.78 is 0. The van der Waals surface area contributed by atoms with Gasteiger partial charge in [-0.2, -0.15) is 0 Å². The molecule has 0 fully saturated rings. The molecule has 0 bridgehead atoms. The van der Waals surface area contributed by atoms with E-state index in [9.17, 15) is 0 Å². The zero-order valence-electron chi connectivity index (χ0n) is 3.60. The van der Waals surface area contributed by atoms with Crippen molar-refractivity contribution in [3.8, 4) is 12.3 Å². The molecule has 0 atom stereocenters. The van der Waals surface area contributed by atoms with Gasteiger partial charge in [0.25, 0.3) is 0 Å². The van der Waals surface area contributed by atoms with Crippen LogP contribution in [0.2, 0.25) is 0 Å². The molecule has 0 aromatic heterocycles. The van der Waals surface area contributed by atoms with E-state index in [1.54, 1.807) is 7.05 Å². The molecule has 29 valence electrons. The third-order valence-electron chi connectivity index (χ3n) is 0.176. The SMILES string of the molecule is C#C[C-]=NC.[Y]. The van der Waals surface area contributed by atoms with Crippen LogP contribution in [0.4, 0.5) is 0 Å². The van der Waals surface area contributed by atoms with Gasteiger partial charge in [0, 0.05) is 39.8 Å². The minimum absolute atomic E-state index is 0. The van der Waals surface area contributed by atoms with E-state index < -0.39 is 0 Å². The quantitative estimate of drug-likeness (QED) is 0.269. The van der Waals surface area contributed by atoms with Crippen LogP contribution in [0.25, 0.3) is 0 Å². The number of rotatable bonds is 0. The fourth-order valence-electron chi connectivity index (χ4n) is 0.0645. The molecule has 6 heavy (non-hydrogen) atoms. The molecule has 0 saturated carbocycles. The monoisotopic (exact) mass is 155 g/mol. The van der Waals surface area contributed by atoms with Crippen molar-refractivity contribution < 1.29 is 32.7 Å². The molecule has 0 spiro atoms. The van der Waals surface area contributed by atoms with Gasteiger partial charge >= 0.3 is 0 Å². The fraction of sp³-hybridized carbons (Fsp3) is 0.250. The second kappa shape index (κ2) is 9.01. The van der Waals surface area contributed by atoms with Gasteiger partial charge in [-0.25, -0.2) is 0 Å². The van der Waals surface area contributed by atoms with Crippen LogP contribution < -0.4 is 0 Å². The van der Waals surface area contributed by atoms with E-state index in [2.05, 4.69) is 23.6 Å². The van der Waals surface area contributed by atoms with Crippen molar-refractivity contribution in [3.05, 3.63) is 0 Å². The van der Waals surface area contributed by atoms with Gasteiger partial charge in [0.2, 0.25) is 0 Å². The first-order chi connectivity index (χ1) is 2.41. The predicted molar refractivity (Wildman–Crippen MR) is 22.2 cm³/mol. The number of hydrogen-bond donors (Lipinski definition) is 0. The van der Waals surface area contributed by atoms with Crippen molar-refractivity contribution in [1.29, 1.82) is 0 Å².